The molecule has 3 aromatic rings. The van der Waals surface area contributed by atoms with Crippen molar-refractivity contribution in [3.8, 4) is 11.3 Å². The van der Waals surface area contributed by atoms with Gasteiger partial charge in [0, 0.05) is 38.1 Å². The van der Waals surface area contributed by atoms with E-state index < -0.39 is 0 Å². The molecule has 4 heterocycles. The molecule has 0 radical (unpaired) electrons. The largest absolute Gasteiger partial charge is 0.378 e. The Morgan fingerprint density at radius 2 is 2.16 bits per heavy atom. The second kappa shape index (κ2) is 8.09. The van der Waals surface area contributed by atoms with Gasteiger partial charge in [0.15, 0.2) is 0 Å². The average Bonchev–Trinajstić information content (AvgIpc) is 3.02. The molecule has 9 nitrogen and oxygen atoms in total. The second-order valence-corrected chi connectivity index (χ2v) is 8.11. The van der Waals surface area contributed by atoms with Crippen LogP contribution in [-0.4, -0.2) is 56.4 Å². The van der Waals surface area contributed by atoms with Crippen LogP contribution in [0.4, 0.5) is 11.6 Å². The van der Waals surface area contributed by atoms with Crippen LogP contribution in [0.5, 0.6) is 0 Å². The van der Waals surface area contributed by atoms with Gasteiger partial charge in [0.1, 0.15) is 0 Å². The van der Waals surface area contributed by atoms with Crippen LogP contribution in [0.2, 0.25) is 0 Å². The molecular weight excluding hydrogens is 394 g/mol. The zero-order chi connectivity index (χ0) is 21.4. The van der Waals surface area contributed by atoms with Crippen LogP contribution in [0.25, 0.3) is 11.3 Å². The van der Waals surface area contributed by atoms with E-state index in [2.05, 4.69) is 31.3 Å². The number of rotatable bonds is 5. The van der Waals surface area contributed by atoms with Crippen LogP contribution in [0.15, 0.2) is 42.9 Å². The Balaban J connectivity index is 1.46. The number of carbonyl (C=O) groups excluding carboxylic acids is 1. The molecule has 1 fully saturated rings. The van der Waals surface area contributed by atoms with Gasteiger partial charge < -0.3 is 15.8 Å². The summed E-state index contributed by atoms with van der Waals surface area (Å²) in [5.74, 6) is -0.0438. The highest BCUT2D eigenvalue weighted by molar-refractivity contribution is 5.83. The minimum atomic E-state index is -0.275. The number of hydrogen-bond acceptors (Lipinski definition) is 7. The monoisotopic (exact) mass is 419 g/mol. The number of amides is 1. The van der Waals surface area contributed by atoms with Gasteiger partial charge >= 0.3 is 0 Å². The molecule has 3 N–H and O–H groups in total. The number of aromatic nitrogens is 4. The van der Waals surface area contributed by atoms with Gasteiger partial charge in [-0.2, -0.15) is 5.10 Å². The molecule has 2 aliphatic heterocycles. The third-order valence-corrected chi connectivity index (χ3v) is 5.99. The highest BCUT2D eigenvalue weighted by Gasteiger charge is 2.32. The number of nitrogens with two attached hydrogens (primary N) is 1. The molecular formula is C22H25N7O2. The molecule has 1 aromatic carbocycles. The van der Waals surface area contributed by atoms with E-state index in [-0.39, 0.29) is 11.8 Å². The Morgan fingerprint density at radius 3 is 2.87 bits per heavy atom. The van der Waals surface area contributed by atoms with Gasteiger partial charge in [-0.15, -0.1) is 0 Å². The van der Waals surface area contributed by atoms with Crippen LogP contribution >= 0.6 is 0 Å². The fourth-order valence-corrected chi connectivity index (χ4v) is 4.23. The molecule has 31 heavy (non-hydrogen) atoms. The van der Waals surface area contributed by atoms with E-state index >= 15 is 0 Å². The van der Waals surface area contributed by atoms with Crippen molar-refractivity contribution < 1.29 is 9.53 Å². The first-order chi connectivity index (χ1) is 15.1. The number of fused-ring (bicyclic) bond motifs is 1. The Morgan fingerprint density at radius 1 is 1.29 bits per heavy atom. The van der Waals surface area contributed by atoms with Gasteiger partial charge in [0.2, 0.25) is 11.9 Å². The first-order valence-corrected chi connectivity index (χ1v) is 10.4. The maximum atomic E-state index is 12.1. The summed E-state index contributed by atoms with van der Waals surface area (Å²) in [4.78, 5) is 23.5. The lowest BCUT2D eigenvalue weighted by Gasteiger charge is -2.36. The van der Waals surface area contributed by atoms with E-state index in [1.165, 1.54) is 0 Å². The molecule has 9 heteroatoms. The third-order valence-electron chi connectivity index (χ3n) is 5.99. The number of benzene rings is 1. The molecule has 0 spiro atoms. The highest BCUT2D eigenvalue weighted by Crippen LogP contribution is 2.33. The van der Waals surface area contributed by atoms with Crippen molar-refractivity contribution in [1.29, 1.82) is 0 Å². The Kier molecular flexibility index (Phi) is 5.13. The Labute approximate surface area is 180 Å². The standard InChI is InChI=1S/C22H25N7O2/c1-28-11-16(9-25-28)26-22-24-6-4-20(27-22)14-2-3-18-15(8-14)10-29(17-12-31-13-17)7-5-19(18)21(23)30/h2-4,6,8-9,11,17,19H,5,7,10,12-13H2,1H3,(H2,23,30)(H,24,26,27)/t19-/m1/s1. The van der Waals surface area contributed by atoms with Crippen molar-refractivity contribution in [2.24, 2.45) is 12.8 Å². The number of carbonyl (C=O) groups is 1. The zero-order valence-corrected chi connectivity index (χ0v) is 17.4. The maximum absolute atomic E-state index is 12.1. The molecule has 0 unspecified atom stereocenters. The lowest BCUT2D eigenvalue weighted by Crippen LogP contribution is -2.48. The molecule has 1 amide bonds. The van der Waals surface area contributed by atoms with Crippen molar-refractivity contribution in [1.82, 2.24) is 24.6 Å². The predicted octanol–water partition coefficient (Wildman–Crippen LogP) is 1.79. The van der Waals surface area contributed by atoms with Crippen LogP contribution in [0.1, 0.15) is 23.5 Å². The topological polar surface area (TPSA) is 111 Å². The lowest BCUT2D eigenvalue weighted by molar-refractivity contribution is -0.119. The maximum Gasteiger partial charge on any atom is 0.227 e. The van der Waals surface area contributed by atoms with Gasteiger partial charge in [-0.25, -0.2) is 9.97 Å². The van der Waals surface area contributed by atoms with Crippen LogP contribution in [0.3, 0.4) is 0 Å². The number of nitrogens with zero attached hydrogens (tertiary/aromatic N) is 5. The summed E-state index contributed by atoms with van der Waals surface area (Å²) in [6, 6.07) is 8.44. The Bertz CT molecular complexity index is 1110. The van der Waals surface area contributed by atoms with Gasteiger partial charge in [0.05, 0.1) is 42.8 Å². The van der Waals surface area contributed by atoms with Crippen LogP contribution < -0.4 is 11.1 Å². The van der Waals surface area contributed by atoms with Crippen LogP contribution in [0, 0.1) is 0 Å². The molecule has 5 rings (SSSR count). The van der Waals surface area contributed by atoms with Crippen molar-refractivity contribution >= 4 is 17.5 Å². The first-order valence-electron chi connectivity index (χ1n) is 10.4. The van der Waals surface area contributed by atoms with Crippen molar-refractivity contribution in [3.63, 3.8) is 0 Å². The lowest BCUT2D eigenvalue weighted by atomic mass is 9.90. The number of nitrogens with one attached hydrogen (secondary N) is 1. The minimum absolute atomic E-state index is 0.272. The van der Waals surface area contributed by atoms with Gasteiger partial charge in [0.25, 0.3) is 0 Å². The molecule has 0 saturated carbocycles. The van der Waals surface area contributed by atoms with E-state index in [4.69, 9.17) is 10.5 Å². The number of ether oxygens (including phenoxy) is 1. The smallest absolute Gasteiger partial charge is 0.227 e. The van der Waals surface area contributed by atoms with Crippen molar-refractivity contribution in [3.05, 3.63) is 54.0 Å². The third kappa shape index (κ3) is 4.01. The molecule has 160 valence electrons. The SMILES string of the molecule is Cn1cc(Nc2nccc(-c3ccc4c(c3)CN(C3COC3)CC[C@H]4C(N)=O)n2)cn1. The van der Waals surface area contributed by atoms with E-state index in [1.54, 1.807) is 17.1 Å². The fraction of sp³-hybridized carbons (Fsp3) is 0.364. The number of primary amides is 1. The highest BCUT2D eigenvalue weighted by atomic mass is 16.5. The normalized spacial score (nSPS) is 19.3. The molecule has 0 aliphatic carbocycles. The van der Waals surface area contributed by atoms with Gasteiger partial charge in [-0.1, -0.05) is 12.1 Å². The van der Waals surface area contributed by atoms with E-state index in [0.717, 1.165) is 60.8 Å². The van der Waals surface area contributed by atoms with Gasteiger partial charge in [-0.3, -0.25) is 14.4 Å². The molecule has 2 aromatic heterocycles. The summed E-state index contributed by atoms with van der Waals surface area (Å²) in [5.41, 5.74) is 10.5. The average molecular weight is 419 g/mol. The number of aryl methyl sites for hydroxylation is 1. The first kappa shape index (κ1) is 19.7. The minimum Gasteiger partial charge on any atom is -0.378 e. The zero-order valence-electron chi connectivity index (χ0n) is 17.4. The van der Waals surface area contributed by atoms with Crippen LogP contribution in [-0.2, 0) is 23.1 Å². The summed E-state index contributed by atoms with van der Waals surface area (Å²) in [6.45, 7) is 3.09. The molecule has 1 saturated heterocycles. The summed E-state index contributed by atoms with van der Waals surface area (Å²) in [7, 11) is 1.86. The predicted molar refractivity (Wildman–Crippen MR) is 116 cm³/mol. The fourth-order valence-electron chi connectivity index (χ4n) is 4.23. The summed E-state index contributed by atoms with van der Waals surface area (Å²) >= 11 is 0. The molecule has 1 atom stereocenters. The van der Waals surface area contributed by atoms with E-state index in [1.807, 2.05) is 31.4 Å². The number of hydrogen-bond donors (Lipinski definition) is 2. The van der Waals surface area contributed by atoms with E-state index in [0.29, 0.717) is 12.0 Å². The number of anilines is 2. The van der Waals surface area contributed by atoms with E-state index in [9.17, 15) is 4.79 Å². The quantitative estimate of drug-likeness (QED) is 0.649. The summed E-state index contributed by atoms with van der Waals surface area (Å²) in [5, 5.41) is 7.33. The molecule has 2 aliphatic rings. The second-order valence-electron chi connectivity index (χ2n) is 8.11. The van der Waals surface area contributed by atoms with Crippen molar-refractivity contribution in [2.75, 3.05) is 25.1 Å². The summed E-state index contributed by atoms with van der Waals surface area (Å²) < 4.78 is 7.10. The van der Waals surface area contributed by atoms with Gasteiger partial charge in [-0.05, 0) is 29.7 Å². The molecule has 0 bridgehead atoms. The Hall–Kier alpha value is -3.30. The summed E-state index contributed by atoms with van der Waals surface area (Å²) in [6.07, 6.45) is 6.05. The van der Waals surface area contributed by atoms with Crippen molar-refractivity contribution in [2.45, 2.75) is 24.9 Å².